The van der Waals surface area contributed by atoms with E-state index in [-0.39, 0.29) is 0 Å². The first-order chi connectivity index (χ1) is 45.3. The maximum Gasteiger partial charge on any atom is 0.0714 e. The highest BCUT2D eigenvalue weighted by Crippen LogP contribution is 2.59. The maximum atomic E-state index is 2.52. The standard InChI is InChI=1S/C88H62N2S2/c1-55-23-19-24-56(2)83(55)89(63-33-21-31-61(51-63)87(59-27-7-5-8-28-59)77-39-15-11-35-67(77)68-36-12-16-40-78(68)87)65-43-45-71-73-47-49-76-75(85(73)91-81(71)53-65)50-48-74-72-46-44-66(54-82(72)92-86(74)76)90(84-57(3)25-20-26-58(84)4)64-34-22-32-62(52-64)88(60-29-9-6-10-30-60)79-41-17-13-37-69(79)70-38-14-18-42-80(70)88/h5-54H,1-4H3. The van der Waals surface area contributed by atoms with Crippen LogP contribution in [0.3, 0.4) is 0 Å². The second kappa shape index (κ2) is 21.0. The first kappa shape index (κ1) is 54.3. The summed E-state index contributed by atoms with van der Waals surface area (Å²) >= 11 is 3.84. The fraction of sp³-hybridized carbons (Fsp3) is 0.0682. The molecule has 0 saturated heterocycles. The van der Waals surface area contributed by atoms with Gasteiger partial charge in [0.25, 0.3) is 0 Å². The van der Waals surface area contributed by atoms with Crippen molar-refractivity contribution in [3.8, 4) is 22.3 Å². The van der Waals surface area contributed by atoms with Crippen LogP contribution in [-0.4, -0.2) is 0 Å². The van der Waals surface area contributed by atoms with Crippen LogP contribution < -0.4 is 9.80 Å². The van der Waals surface area contributed by atoms with Gasteiger partial charge in [0.2, 0.25) is 0 Å². The third-order valence-corrected chi connectivity index (χ3v) is 22.7. The zero-order valence-corrected chi connectivity index (χ0v) is 53.2. The fourth-order valence-corrected chi connectivity index (χ4v) is 19.0. The van der Waals surface area contributed by atoms with E-state index in [0.717, 1.165) is 22.7 Å². The molecule has 14 aromatic carbocycles. The van der Waals surface area contributed by atoms with Crippen LogP contribution in [0, 0.1) is 27.7 Å². The molecule has 0 atom stereocenters. The molecule has 0 unspecified atom stereocenters. The highest BCUT2D eigenvalue weighted by Gasteiger charge is 2.48. The molecule has 16 aromatic rings. The number of nitrogens with zero attached hydrogens (tertiary/aromatic N) is 2. The van der Waals surface area contributed by atoms with E-state index in [9.17, 15) is 0 Å². The molecule has 0 N–H and O–H groups in total. The van der Waals surface area contributed by atoms with Gasteiger partial charge in [-0.25, -0.2) is 0 Å². The van der Waals surface area contributed by atoms with E-state index in [2.05, 4.69) is 341 Å². The Morgan fingerprint density at radius 1 is 0.239 bits per heavy atom. The quantitative estimate of drug-likeness (QED) is 0.135. The van der Waals surface area contributed by atoms with Gasteiger partial charge in [-0.2, -0.15) is 0 Å². The molecule has 0 bridgehead atoms. The van der Waals surface area contributed by atoms with Crippen LogP contribution in [0.25, 0.3) is 73.4 Å². The van der Waals surface area contributed by atoms with Crippen LogP contribution in [0.15, 0.2) is 303 Å². The molecule has 2 aliphatic rings. The lowest BCUT2D eigenvalue weighted by molar-refractivity contribution is 0.768. The molecule has 2 aromatic heterocycles. The number of thiophene rings is 2. The van der Waals surface area contributed by atoms with Gasteiger partial charge in [0.05, 0.1) is 22.2 Å². The Kier molecular flexibility index (Phi) is 12.4. The second-order valence-corrected chi connectivity index (χ2v) is 27.3. The Hall–Kier alpha value is -10.6. The first-order valence-corrected chi connectivity index (χ1v) is 33.6. The number of anilines is 6. The average molecular weight is 1210 g/mol. The van der Waals surface area contributed by atoms with E-state index >= 15 is 0 Å². The summed E-state index contributed by atoms with van der Waals surface area (Å²) in [7, 11) is 0. The lowest BCUT2D eigenvalue weighted by atomic mass is 9.67. The Morgan fingerprint density at radius 2 is 0.522 bits per heavy atom. The predicted octanol–water partition coefficient (Wildman–Crippen LogP) is 24.5. The first-order valence-electron chi connectivity index (χ1n) is 32.0. The Morgan fingerprint density at radius 3 is 0.880 bits per heavy atom. The third kappa shape index (κ3) is 7.84. The highest BCUT2D eigenvalue weighted by molar-refractivity contribution is 7.28. The molecule has 2 nitrogen and oxygen atoms in total. The van der Waals surface area contributed by atoms with Gasteiger partial charge < -0.3 is 9.80 Å². The number of rotatable bonds is 10. The van der Waals surface area contributed by atoms with Crippen molar-refractivity contribution in [2.45, 2.75) is 38.5 Å². The molecule has 4 heteroatoms. The van der Waals surface area contributed by atoms with Gasteiger partial charge in [0, 0.05) is 73.9 Å². The molecular weight excluding hydrogens is 1150 g/mol. The summed E-state index contributed by atoms with van der Waals surface area (Å²) in [6, 6.07) is 114. The lowest BCUT2D eigenvalue weighted by Gasteiger charge is -2.35. The topological polar surface area (TPSA) is 6.48 Å². The molecule has 0 radical (unpaired) electrons. The van der Waals surface area contributed by atoms with E-state index in [1.165, 1.54) is 152 Å². The summed E-state index contributed by atoms with van der Waals surface area (Å²) in [5.41, 5.74) is 26.2. The van der Waals surface area contributed by atoms with Crippen LogP contribution in [0.4, 0.5) is 34.1 Å². The number of para-hydroxylation sites is 2. The molecule has 0 aliphatic heterocycles. The molecule has 92 heavy (non-hydrogen) atoms. The van der Waals surface area contributed by atoms with Crippen molar-refractivity contribution in [3.05, 3.63) is 370 Å². The largest absolute Gasteiger partial charge is 0.310 e. The van der Waals surface area contributed by atoms with Crippen LogP contribution in [0.2, 0.25) is 0 Å². The summed E-state index contributed by atoms with van der Waals surface area (Å²) in [5, 5.41) is 7.73. The van der Waals surface area contributed by atoms with Gasteiger partial charge in [-0.05, 0) is 165 Å². The normalized spacial score (nSPS) is 13.4. The molecule has 18 rings (SSSR count). The summed E-state index contributed by atoms with van der Waals surface area (Å²) in [4.78, 5) is 5.04. The SMILES string of the molecule is Cc1cccc(C)c1N(c1cccc(C2(c3ccccc3)c3ccccc3-c3ccccc32)c1)c1ccc2c(c1)sc1c2ccc2c1ccc1c3ccc(N(c4cccc(C5(c6ccccc6)c6ccccc6-c6ccccc65)c4)c4c(C)cccc4C)cc3sc12. The van der Waals surface area contributed by atoms with Crippen LogP contribution in [0.5, 0.6) is 0 Å². The average Bonchev–Trinajstić information content (AvgIpc) is 1.53. The summed E-state index contributed by atoms with van der Waals surface area (Å²) in [6.45, 7) is 9.02. The van der Waals surface area contributed by atoms with Crippen LogP contribution >= 0.6 is 22.7 Å². The number of benzene rings is 14. The Labute approximate surface area is 544 Å². The highest BCUT2D eigenvalue weighted by atomic mass is 32.1. The monoisotopic (exact) mass is 1210 g/mol. The van der Waals surface area contributed by atoms with Crippen LogP contribution in [-0.2, 0) is 10.8 Å². The van der Waals surface area contributed by atoms with Gasteiger partial charge >= 0.3 is 0 Å². The molecule has 436 valence electrons. The van der Waals surface area contributed by atoms with Gasteiger partial charge in [0.1, 0.15) is 0 Å². The van der Waals surface area contributed by atoms with E-state index in [1.807, 2.05) is 22.7 Å². The zero-order chi connectivity index (χ0) is 61.4. The minimum Gasteiger partial charge on any atom is -0.310 e. The van der Waals surface area contributed by atoms with Crippen molar-refractivity contribution < 1.29 is 0 Å². The molecule has 0 spiro atoms. The Bertz CT molecular complexity index is 5190. The molecule has 0 saturated carbocycles. The van der Waals surface area contributed by atoms with Crippen molar-refractivity contribution in [2.24, 2.45) is 0 Å². The Balaban J connectivity index is 0.768. The van der Waals surface area contributed by atoms with Crippen molar-refractivity contribution >= 4 is 108 Å². The van der Waals surface area contributed by atoms with Crippen molar-refractivity contribution in [1.82, 2.24) is 0 Å². The smallest absolute Gasteiger partial charge is 0.0714 e. The summed E-state index contributed by atoms with van der Waals surface area (Å²) in [6.07, 6.45) is 0. The zero-order valence-electron chi connectivity index (χ0n) is 51.6. The van der Waals surface area contributed by atoms with E-state index in [0.29, 0.717) is 0 Å². The minimum atomic E-state index is -0.520. The number of hydrogen-bond acceptors (Lipinski definition) is 4. The van der Waals surface area contributed by atoms with Gasteiger partial charge in [0.15, 0.2) is 0 Å². The van der Waals surface area contributed by atoms with Gasteiger partial charge in [-0.1, -0.05) is 255 Å². The van der Waals surface area contributed by atoms with E-state index < -0.39 is 10.8 Å². The van der Waals surface area contributed by atoms with Gasteiger partial charge in [-0.15, -0.1) is 22.7 Å². The summed E-state index contributed by atoms with van der Waals surface area (Å²) < 4.78 is 5.18. The minimum absolute atomic E-state index is 0.520. The van der Waals surface area contributed by atoms with Crippen molar-refractivity contribution in [1.29, 1.82) is 0 Å². The maximum absolute atomic E-state index is 2.52. The van der Waals surface area contributed by atoms with Crippen molar-refractivity contribution in [2.75, 3.05) is 9.80 Å². The van der Waals surface area contributed by atoms with Gasteiger partial charge in [-0.3, -0.25) is 0 Å². The van der Waals surface area contributed by atoms with Crippen molar-refractivity contribution in [3.63, 3.8) is 0 Å². The molecule has 2 heterocycles. The third-order valence-electron chi connectivity index (χ3n) is 20.3. The predicted molar refractivity (Wildman–Crippen MR) is 393 cm³/mol. The second-order valence-electron chi connectivity index (χ2n) is 25.2. The molecular formula is C88H62N2S2. The lowest BCUT2D eigenvalue weighted by Crippen LogP contribution is -2.28. The van der Waals surface area contributed by atoms with E-state index in [4.69, 9.17) is 0 Å². The molecule has 0 fully saturated rings. The number of aryl methyl sites for hydroxylation is 4. The fourth-order valence-electron chi connectivity index (χ4n) is 16.4. The molecule has 0 amide bonds. The van der Waals surface area contributed by atoms with E-state index in [1.54, 1.807) is 0 Å². The molecule has 2 aliphatic carbocycles. The van der Waals surface area contributed by atoms with Crippen LogP contribution in [0.1, 0.15) is 66.8 Å². The number of fused-ring (bicyclic) bond motifs is 15. The summed E-state index contributed by atoms with van der Waals surface area (Å²) in [5.74, 6) is 0. The number of hydrogen-bond donors (Lipinski definition) is 0.